The van der Waals surface area contributed by atoms with Crippen LogP contribution >= 0.6 is 0 Å². The molecule has 1 aliphatic heterocycles. The van der Waals surface area contributed by atoms with Gasteiger partial charge in [0.15, 0.2) is 5.25 Å². The number of pyridine rings is 1. The van der Waals surface area contributed by atoms with E-state index >= 15 is 0 Å². The Bertz CT molecular complexity index is 268. The van der Waals surface area contributed by atoms with Crippen LogP contribution in [0.5, 0.6) is 0 Å². The summed E-state index contributed by atoms with van der Waals surface area (Å²) in [6, 6.07) is 3.81. The van der Waals surface area contributed by atoms with Gasteiger partial charge >= 0.3 is 0 Å². The van der Waals surface area contributed by atoms with Gasteiger partial charge in [-0.15, -0.1) is 0 Å². The van der Waals surface area contributed by atoms with Crippen molar-refractivity contribution in [2.75, 3.05) is 19.0 Å². The molecule has 0 spiro atoms. The molecule has 2 rings (SSSR count). The lowest BCUT2D eigenvalue weighted by molar-refractivity contribution is 0.138. The van der Waals surface area contributed by atoms with Gasteiger partial charge in [-0.1, -0.05) is 6.07 Å². The second kappa shape index (κ2) is 4.09. The van der Waals surface area contributed by atoms with Crippen molar-refractivity contribution in [3.8, 4) is 0 Å². The maximum absolute atomic E-state index is 11.6. The van der Waals surface area contributed by atoms with Crippen molar-refractivity contribution in [2.45, 2.75) is 5.25 Å². The Hall–Kier alpha value is -0.580. The van der Waals surface area contributed by atoms with E-state index in [9.17, 15) is 4.55 Å². The maximum atomic E-state index is 11.6. The van der Waals surface area contributed by atoms with Gasteiger partial charge in [0.25, 0.3) is 0 Å². The fraction of sp³-hybridized carbons (Fsp3) is 0.444. The minimum atomic E-state index is -0.794. The summed E-state index contributed by atoms with van der Waals surface area (Å²) in [5.41, 5.74) is 1.01. The third-order valence-electron chi connectivity index (χ3n) is 2.07. The summed E-state index contributed by atoms with van der Waals surface area (Å²) in [5, 5.41) is 0.0162. The SMILES string of the molecule is [O-][S+]1CCOCC1c1cccnc1. The number of ether oxygens (including phenoxy) is 1. The second-order valence-corrected chi connectivity index (χ2v) is 4.67. The number of nitrogens with zero attached hydrogens (tertiary/aromatic N) is 1. The zero-order chi connectivity index (χ0) is 9.10. The van der Waals surface area contributed by atoms with E-state index in [2.05, 4.69) is 4.98 Å². The summed E-state index contributed by atoms with van der Waals surface area (Å²) in [4.78, 5) is 4.00. The number of hydrogen-bond donors (Lipinski definition) is 0. The van der Waals surface area contributed by atoms with Crippen molar-refractivity contribution in [3.05, 3.63) is 30.1 Å². The number of rotatable bonds is 1. The molecule has 1 fully saturated rings. The molecule has 13 heavy (non-hydrogen) atoms. The molecule has 2 unspecified atom stereocenters. The third kappa shape index (κ3) is 2.02. The van der Waals surface area contributed by atoms with Crippen molar-refractivity contribution in [3.63, 3.8) is 0 Å². The summed E-state index contributed by atoms with van der Waals surface area (Å²) in [7, 11) is 0. The van der Waals surface area contributed by atoms with Crippen LogP contribution in [0.1, 0.15) is 10.8 Å². The maximum Gasteiger partial charge on any atom is 0.165 e. The van der Waals surface area contributed by atoms with Gasteiger partial charge in [-0.3, -0.25) is 4.98 Å². The molecule has 0 saturated carbocycles. The van der Waals surface area contributed by atoms with Crippen LogP contribution in [0, 0.1) is 0 Å². The van der Waals surface area contributed by atoms with Crippen LogP contribution in [0.4, 0.5) is 0 Å². The first-order valence-corrected chi connectivity index (χ1v) is 5.61. The Morgan fingerprint density at radius 1 is 1.62 bits per heavy atom. The van der Waals surface area contributed by atoms with Gasteiger partial charge in [0.2, 0.25) is 0 Å². The molecule has 0 bridgehead atoms. The van der Waals surface area contributed by atoms with Gasteiger partial charge in [-0.2, -0.15) is 0 Å². The first kappa shape index (κ1) is 8.99. The summed E-state index contributed by atoms with van der Waals surface area (Å²) >= 11 is -0.794. The molecule has 1 aromatic rings. The molecule has 0 amide bonds. The van der Waals surface area contributed by atoms with E-state index < -0.39 is 11.2 Å². The molecule has 0 radical (unpaired) electrons. The van der Waals surface area contributed by atoms with Gasteiger partial charge < -0.3 is 9.29 Å². The fourth-order valence-electron chi connectivity index (χ4n) is 1.36. The van der Waals surface area contributed by atoms with Crippen LogP contribution in [0.3, 0.4) is 0 Å². The van der Waals surface area contributed by atoms with Crippen LogP contribution in [-0.2, 0) is 15.9 Å². The van der Waals surface area contributed by atoms with Crippen molar-refractivity contribution < 1.29 is 9.29 Å². The largest absolute Gasteiger partial charge is 0.616 e. The summed E-state index contributed by atoms with van der Waals surface area (Å²) in [5.74, 6) is 0.638. The quantitative estimate of drug-likeness (QED) is 0.628. The Labute approximate surface area is 80.3 Å². The van der Waals surface area contributed by atoms with Gasteiger partial charge in [0.1, 0.15) is 5.75 Å². The Kier molecular flexibility index (Phi) is 2.83. The summed E-state index contributed by atoms with van der Waals surface area (Å²) in [6.07, 6.45) is 3.48. The second-order valence-electron chi connectivity index (χ2n) is 2.93. The molecule has 3 nitrogen and oxygen atoms in total. The van der Waals surface area contributed by atoms with Gasteiger partial charge in [-0.05, 0) is 17.2 Å². The highest BCUT2D eigenvalue weighted by molar-refractivity contribution is 7.91. The molecule has 0 aliphatic carbocycles. The van der Waals surface area contributed by atoms with E-state index in [0.717, 1.165) is 5.56 Å². The molecule has 2 heterocycles. The Morgan fingerprint density at radius 3 is 3.23 bits per heavy atom. The number of aromatic nitrogens is 1. The number of hydrogen-bond acceptors (Lipinski definition) is 3. The van der Waals surface area contributed by atoms with Gasteiger partial charge in [0, 0.05) is 18.0 Å². The first-order chi connectivity index (χ1) is 6.38. The summed E-state index contributed by atoms with van der Waals surface area (Å²) in [6.45, 7) is 1.17. The zero-order valence-corrected chi connectivity index (χ0v) is 8.00. The fourth-order valence-corrected chi connectivity index (χ4v) is 2.62. The molecule has 0 N–H and O–H groups in total. The summed E-state index contributed by atoms with van der Waals surface area (Å²) < 4.78 is 16.9. The Balaban J connectivity index is 2.15. The molecular formula is C9H11NO2S. The molecular weight excluding hydrogens is 186 g/mol. The highest BCUT2D eigenvalue weighted by Crippen LogP contribution is 2.25. The standard InChI is InChI=1S/C9H11NO2S/c11-13-5-4-12-7-9(13)8-2-1-3-10-6-8/h1-3,6,9H,4-5,7H2. The predicted molar refractivity (Wildman–Crippen MR) is 50.8 cm³/mol. The van der Waals surface area contributed by atoms with Crippen LogP contribution in [0.25, 0.3) is 0 Å². The third-order valence-corrected chi connectivity index (χ3v) is 3.68. The zero-order valence-electron chi connectivity index (χ0n) is 7.18. The van der Waals surface area contributed by atoms with Gasteiger partial charge in [-0.25, -0.2) is 0 Å². The van der Waals surface area contributed by atoms with E-state index in [4.69, 9.17) is 4.74 Å². The molecule has 4 heteroatoms. The van der Waals surface area contributed by atoms with Crippen LogP contribution in [0.2, 0.25) is 0 Å². The predicted octanol–water partition coefficient (Wildman–Crippen LogP) is 0.902. The van der Waals surface area contributed by atoms with Crippen molar-refractivity contribution in [2.24, 2.45) is 0 Å². The van der Waals surface area contributed by atoms with E-state index in [1.54, 1.807) is 12.4 Å². The Morgan fingerprint density at radius 2 is 2.54 bits per heavy atom. The minimum absolute atomic E-state index is 0.0162. The average Bonchev–Trinajstić information content (AvgIpc) is 2.20. The van der Waals surface area contributed by atoms with Crippen LogP contribution < -0.4 is 0 Å². The lowest BCUT2D eigenvalue weighted by Crippen LogP contribution is -2.29. The lowest BCUT2D eigenvalue weighted by Gasteiger charge is -2.25. The van der Waals surface area contributed by atoms with E-state index in [1.807, 2.05) is 12.1 Å². The molecule has 1 aliphatic rings. The van der Waals surface area contributed by atoms with E-state index in [1.165, 1.54) is 0 Å². The van der Waals surface area contributed by atoms with Crippen LogP contribution in [0.15, 0.2) is 24.5 Å². The molecule has 0 aromatic carbocycles. The van der Waals surface area contributed by atoms with E-state index in [-0.39, 0.29) is 5.25 Å². The monoisotopic (exact) mass is 197 g/mol. The van der Waals surface area contributed by atoms with E-state index in [0.29, 0.717) is 19.0 Å². The smallest absolute Gasteiger partial charge is 0.165 e. The molecule has 1 aromatic heterocycles. The molecule has 1 saturated heterocycles. The van der Waals surface area contributed by atoms with Crippen molar-refractivity contribution in [1.29, 1.82) is 0 Å². The minimum Gasteiger partial charge on any atom is -0.616 e. The van der Waals surface area contributed by atoms with Crippen molar-refractivity contribution >= 4 is 11.2 Å². The highest BCUT2D eigenvalue weighted by Gasteiger charge is 2.28. The topological polar surface area (TPSA) is 45.2 Å². The normalized spacial score (nSPS) is 28.7. The van der Waals surface area contributed by atoms with Gasteiger partial charge in [0.05, 0.1) is 13.2 Å². The average molecular weight is 197 g/mol. The highest BCUT2D eigenvalue weighted by atomic mass is 32.2. The first-order valence-electron chi connectivity index (χ1n) is 4.23. The lowest BCUT2D eigenvalue weighted by atomic mass is 10.2. The van der Waals surface area contributed by atoms with Crippen molar-refractivity contribution in [1.82, 2.24) is 4.98 Å². The molecule has 2 atom stereocenters. The van der Waals surface area contributed by atoms with Crippen LogP contribution in [-0.4, -0.2) is 28.5 Å². The molecule has 70 valence electrons.